The largest absolute Gasteiger partial charge is 0.281 e. The Morgan fingerprint density at radius 1 is 1.15 bits per heavy atom. The molecule has 1 aliphatic rings. The molecule has 0 radical (unpaired) electrons. The van der Waals surface area contributed by atoms with E-state index in [1.165, 1.54) is 11.9 Å². The van der Waals surface area contributed by atoms with Gasteiger partial charge in [-0.3, -0.25) is 14.5 Å². The molecule has 0 fully saturated rings. The van der Waals surface area contributed by atoms with Gasteiger partial charge in [0.05, 0.1) is 5.41 Å². The van der Waals surface area contributed by atoms with Crippen molar-refractivity contribution >= 4 is 11.8 Å². The molecule has 1 aliphatic heterocycles. The summed E-state index contributed by atoms with van der Waals surface area (Å²) in [5.74, 6) is -0.303. The van der Waals surface area contributed by atoms with Gasteiger partial charge in [-0.05, 0) is 33.3 Å². The highest BCUT2D eigenvalue weighted by Gasteiger charge is 2.40. The molecule has 0 aromatic heterocycles. The third-order valence-corrected chi connectivity index (χ3v) is 2.96. The quantitative estimate of drug-likeness (QED) is 0.529. The Balaban J connectivity index is 3.34. The Labute approximate surface area is 78.4 Å². The number of hydrogen-bond acceptors (Lipinski definition) is 2. The molecule has 0 saturated heterocycles. The van der Waals surface area contributed by atoms with Gasteiger partial charge in [-0.1, -0.05) is 0 Å². The van der Waals surface area contributed by atoms with E-state index >= 15 is 0 Å². The molecule has 0 aliphatic carbocycles. The van der Waals surface area contributed by atoms with Gasteiger partial charge in [0.1, 0.15) is 0 Å². The van der Waals surface area contributed by atoms with Crippen molar-refractivity contribution in [1.82, 2.24) is 4.90 Å². The molecule has 1 heterocycles. The fraction of sp³-hybridized carbons (Fsp3) is 0.600. The highest BCUT2D eigenvalue weighted by atomic mass is 16.2. The van der Waals surface area contributed by atoms with Crippen LogP contribution in [0, 0.1) is 5.41 Å². The van der Waals surface area contributed by atoms with Gasteiger partial charge in [0.2, 0.25) is 5.91 Å². The lowest BCUT2D eigenvalue weighted by Gasteiger charge is -2.35. The number of carbonyl (C=O) groups excluding carboxylic acids is 2. The molecule has 2 amide bonds. The minimum atomic E-state index is -0.535. The Morgan fingerprint density at radius 3 is 2.08 bits per heavy atom. The SMILES string of the molecule is CC1=C(C)C(C)(C)C(=O)N(C)C1=O. The molecule has 3 nitrogen and oxygen atoms in total. The van der Waals surface area contributed by atoms with Crippen LogP contribution in [-0.2, 0) is 9.59 Å². The van der Waals surface area contributed by atoms with E-state index in [-0.39, 0.29) is 11.8 Å². The number of rotatable bonds is 0. The van der Waals surface area contributed by atoms with Gasteiger partial charge in [-0.2, -0.15) is 0 Å². The van der Waals surface area contributed by atoms with Gasteiger partial charge in [0.25, 0.3) is 5.91 Å². The maximum atomic E-state index is 11.7. The fourth-order valence-electron chi connectivity index (χ4n) is 1.55. The maximum absolute atomic E-state index is 11.7. The molecule has 0 spiro atoms. The molecular formula is C10H15NO2. The summed E-state index contributed by atoms with van der Waals surface area (Å²) >= 11 is 0. The number of hydrogen-bond donors (Lipinski definition) is 0. The lowest BCUT2D eigenvalue weighted by Crippen LogP contribution is -2.47. The first-order valence-electron chi connectivity index (χ1n) is 4.30. The summed E-state index contributed by atoms with van der Waals surface area (Å²) in [4.78, 5) is 24.4. The van der Waals surface area contributed by atoms with Crippen molar-refractivity contribution in [3.8, 4) is 0 Å². The van der Waals surface area contributed by atoms with E-state index in [0.717, 1.165) is 5.57 Å². The summed E-state index contributed by atoms with van der Waals surface area (Å²) in [6, 6.07) is 0. The zero-order chi connectivity index (χ0) is 10.4. The van der Waals surface area contributed by atoms with Gasteiger partial charge in [0.15, 0.2) is 0 Å². The normalized spacial score (nSPS) is 22.7. The highest BCUT2D eigenvalue weighted by molar-refractivity contribution is 6.10. The van der Waals surface area contributed by atoms with E-state index in [9.17, 15) is 9.59 Å². The second-order valence-electron chi connectivity index (χ2n) is 4.04. The number of carbonyl (C=O) groups is 2. The summed E-state index contributed by atoms with van der Waals surface area (Å²) < 4.78 is 0. The number of imide groups is 1. The standard InChI is InChI=1S/C10H15NO2/c1-6-7(2)10(3,4)9(13)11(5)8(6)12/h1-5H3. The molecule has 72 valence electrons. The topological polar surface area (TPSA) is 37.4 Å². The van der Waals surface area contributed by atoms with Gasteiger partial charge in [-0.15, -0.1) is 0 Å². The van der Waals surface area contributed by atoms with Crippen molar-refractivity contribution < 1.29 is 9.59 Å². The van der Waals surface area contributed by atoms with Crippen molar-refractivity contribution in [2.75, 3.05) is 7.05 Å². The summed E-state index contributed by atoms with van der Waals surface area (Å²) in [5.41, 5.74) is 1.03. The van der Waals surface area contributed by atoms with Crippen molar-refractivity contribution in [3.63, 3.8) is 0 Å². The predicted molar refractivity (Wildman–Crippen MR) is 49.9 cm³/mol. The molecule has 0 aromatic rings. The molecule has 0 bridgehead atoms. The predicted octanol–water partition coefficient (Wildman–Crippen LogP) is 1.35. The first kappa shape index (κ1) is 9.96. The van der Waals surface area contributed by atoms with Crippen molar-refractivity contribution in [3.05, 3.63) is 11.1 Å². The number of likely N-dealkylation sites (N-methyl/N-ethyl adjacent to an activating group) is 1. The first-order chi connectivity index (χ1) is 5.80. The average molecular weight is 181 g/mol. The Morgan fingerprint density at radius 2 is 1.62 bits per heavy atom. The Hall–Kier alpha value is -1.12. The highest BCUT2D eigenvalue weighted by Crippen LogP contribution is 2.34. The molecular weight excluding hydrogens is 166 g/mol. The second-order valence-corrected chi connectivity index (χ2v) is 4.04. The summed E-state index contributed by atoms with van der Waals surface area (Å²) in [6.07, 6.45) is 0. The Bertz CT molecular complexity index is 313. The molecule has 0 atom stereocenters. The van der Waals surface area contributed by atoms with Crippen LogP contribution in [0.15, 0.2) is 11.1 Å². The van der Waals surface area contributed by atoms with Crippen LogP contribution in [0.4, 0.5) is 0 Å². The molecule has 0 aromatic carbocycles. The lowest BCUT2D eigenvalue weighted by molar-refractivity contribution is -0.147. The van der Waals surface area contributed by atoms with Crippen molar-refractivity contribution in [2.24, 2.45) is 5.41 Å². The lowest BCUT2D eigenvalue weighted by atomic mass is 9.78. The minimum Gasteiger partial charge on any atom is -0.281 e. The van der Waals surface area contributed by atoms with E-state index < -0.39 is 5.41 Å². The van der Waals surface area contributed by atoms with E-state index in [4.69, 9.17) is 0 Å². The third kappa shape index (κ3) is 1.19. The first-order valence-corrected chi connectivity index (χ1v) is 4.30. The zero-order valence-corrected chi connectivity index (χ0v) is 8.76. The number of nitrogens with zero attached hydrogens (tertiary/aromatic N) is 1. The molecule has 0 N–H and O–H groups in total. The summed E-state index contributed by atoms with van der Waals surface area (Å²) in [6.45, 7) is 7.30. The Kier molecular flexibility index (Phi) is 2.06. The van der Waals surface area contributed by atoms with Gasteiger partial charge in [0, 0.05) is 12.6 Å². The van der Waals surface area contributed by atoms with Crippen LogP contribution >= 0.6 is 0 Å². The van der Waals surface area contributed by atoms with Crippen LogP contribution in [0.25, 0.3) is 0 Å². The monoisotopic (exact) mass is 181 g/mol. The molecule has 1 rings (SSSR count). The smallest absolute Gasteiger partial charge is 0.255 e. The minimum absolute atomic E-state index is 0.124. The van der Waals surface area contributed by atoms with Crippen LogP contribution in [0.5, 0.6) is 0 Å². The molecule has 3 heteroatoms. The number of amides is 2. The van der Waals surface area contributed by atoms with Crippen LogP contribution in [0.2, 0.25) is 0 Å². The molecule has 0 unspecified atom stereocenters. The van der Waals surface area contributed by atoms with E-state index in [0.29, 0.717) is 5.57 Å². The third-order valence-electron chi connectivity index (χ3n) is 2.96. The van der Waals surface area contributed by atoms with E-state index in [1.54, 1.807) is 6.92 Å². The zero-order valence-electron chi connectivity index (χ0n) is 8.76. The average Bonchev–Trinajstić information content (AvgIpc) is 2.09. The molecule has 13 heavy (non-hydrogen) atoms. The van der Waals surface area contributed by atoms with Gasteiger partial charge >= 0.3 is 0 Å². The summed E-state index contributed by atoms with van der Waals surface area (Å²) in [7, 11) is 1.53. The van der Waals surface area contributed by atoms with Crippen LogP contribution in [-0.4, -0.2) is 23.8 Å². The van der Waals surface area contributed by atoms with E-state index in [2.05, 4.69) is 0 Å². The second kappa shape index (κ2) is 2.69. The van der Waals surface area contributed by atoms with Crippen molar-refractivity contribution in [1.29, 1.82) is 0 Å². The van der Waals surface area contributed by atoms with Gasteiger partial charge < -0.3 is 0 Å². The van der Waals surface area contributed by atoms with E-state index in [1.807, 2.05) is 20.8 Å². The van der Waals surface area contributed by atoms with Crippen molar-refractivity contribution in [2.45, 2.75) is 27.7 Å². The summed E-state index contributed by atoms with van der Waals surface area (Å²) in [5, 5.41) is 0. The van der Waals surface area contributed by atoms with Crippen LogP contribution in [0.1, 0.15) is 27.7 Å². The van der Waals surface area contributed by atoms with Crippen LogP contribution < -0.4 is 0 Å². The van der Waals surface area contributed by atoms with Crippen LogP contribution in [0.3, 0.4) is 0 Å². The van der Waals surface area contributed by atoms with Gasteiger partial charge in [-0.25, -0.2) is 0 Å². The maximum Gasteiger partial charge on any atom is 0.255 e. The fourth-order valence-corrected chi connectivity index (χ4v) is 1.55. The molecule has 0 saturated carbocycles.